The third-order valence-corrected chi connectivity index (χ3v) is 2.79. The average molecular weight is 208 g/mol. The molecule has 1 fully saturated rings. The Kier molecular flexibility index (Phi) is 4.64. The van der Waals surface area contributed by atoms with Gasteiger partial charge < -0.3 is 10.6 Å². The van der Waals surface area contributed by atoms with Gasteiger partial charge in [-0.3, -0.25) is 4.79 Å². The molecule has 1 rings (SSSR count). The zero-order chi connectivity index (χ0) is 11.3. The van der Waals surface area contributed by atoms with Crippen LogP contribution in [-0.4, -0.2) is 30.4 Å². The Balaban J connectivity index is 2.45. The maximum atomic E-state index is 12.0. The fourth-order valence-corrected chi connectivity index (χ4v) is 1.64. The summed E-state index contributed by atoms with van der Waals surface area (Å²) in [6.45, 7) is 3.74. The largest absolute Gasteiger partial charge is 0.331 e. The van der Waals surface area contributed by atoms with Crippen LogP contribution in [0.25, 0.3) is 0 Å². The molecule has 3 heteroatoms. The minimum Gasteiger partial charge on any atom is -0.331 e. The third kappa shape index (κ3) is 3.93. The molecule has 0 heterocycles. The van der Waals surface area contributed by atoms with E-state index in [2.05, 4.69) is 5.92 Å². The van der Waals surface area contributed by atoms with Crippen molar-refractivity contribution in [3.05, 3.63) is 0 Å². The van der Waals surface area contributed by atoms with Crippen LogP contribution in [0.1, 0.15) is 26.2 Å². The van der Waals surface area contributed by atoms with Gasteiger partial charge in [0.05, 0.1) is 6.54 Å². The van der Waals surface area contributed by atoms with Crippen molar-refractivity contribution in [3.63, 3.8) is 0 Å². The molecular weight excluding hydrogens is 188 g/mol. The molecule has 3 nitrogen and oxygen atoms in total. The molecule has 0 aromatic carbocycles. The highest BCUT2D eigenvalue weighted by atomic mass is 16.2. The summed E-state index contributed by atoms with van der Waals surface area (Å²) in [5.41, 5.74) is 5.44. The van der Waals surface area contributed by atoms with Crippen molar-refractivity contribution in [1.29, 1.82) is 0 Å². The second kappa shape index (κ2) is 5.77. The first-order valence-electron chi connectivity index (χ1n) is 5.61. The molecule has 2 N–H and O–H groups in total. The SMILES string of the molecule is C#CCN(CC1CC1)C(=O)C(C)CCN. The van der Waals surface area contributed by atoms with E-state index in [1.807, 2.05) is 6.92 Å². The predicted molar refractivity (Wildman–Crippen MR) is 61.0 cm³/mol. The van der Waals surface area contributed by atoms with Crippen molar-refractivity contribution in [2.45, 2.75) is 26.2 Å². The molecular formula is C12H20N2O. The van der Waals surface area contributed by atoms with E-state index in [9.17, 15) is 4.79 Å². The quantitative estimate of drug-likeness (QED) is 0.658. The zero-order valence-electron chi connectivity index (χ0n) is 9.41. The lowest BCUT2D eigenvalue weighted by molar-refractivity contribution is -0.134. The van der Waals surface area contributed by atoms with E-state index in [1.54, 1.807) is 4.90 Å². The predicted octanol–water partition coefficient (Wildman–Crippen LogP) is 0.843. The first kappa shape index (κ1) is 12.1. The minimum atomic E-state index is 0.00194. The van der Waals surface area contributed by atoms with E-state index in [-0.39, 0.29) is 11.8 Å². The number of carbonyl (C=O) groups excluding carboxylic acids is 1. The van der Waals surface area contributed by atoms with Crippen LogP contribution < -0.4 is 5.73 Å². The van der Waals surface area contributed by atoms with Gasteiger partial charge in [-0.05, 0) is 31.7 Å². The van der Waals surface area contributed by atoms with Crippen LogP contribution in [0, 0.1) is 24.2 Å². The monoisotopic (exact) mass is 208 g/mol. The van der Waals surface area contributed by atoms with Crippen molar-refractivity contribution < 1.29 is 4.79 Å². The molecule has 1 atom stereocenters. The lowest BCUT2D eigenvalue weighted by Crippen LogP contribution is -2.37. The molecule has 84 valence electrons. The molecule has 0 spiro atoms. The van der Waals surface area contributed by atoms with E-state index < -0.39 is 0 Å². The number of carbonyl (C=O) groups is 1. The van der Waals surface area contributed by atoms with Gasteiger partial charge in [0.15, 0.2) is 0 Å². The molecule has 1 aliphatic rings. The number of nitrogens with zero attached hydrogens (tertiary/aromatic N) is 1. The Labute approximate surface area is 92.0 Å². The van der Waals surface area contributed by atoms with Crippen LogP contribution in [-0.2, 0) is 4.79 Å². The van der Waals surface area contributed by atoms with E-state index in [0.717, 1.165) is 13.0 Å². The van der Waals surface area contributed by atoms with Crippen LogP contribution in [0.4, 0.5) is 0 Å². The lowest BCUT2D eigenvalue weighted by Gasteiger charge is -2.23. The highest BCUT2D eigenvalue weighted by Gasteiger charge is 2.27. The lowest BCUT2D eigenvalue weighted by atomic mass is 10.1. The van der Waals surface area contributed by atoms with E-state index in [4.69, 9.17) is 12.2 Å². The van der Waals surface area contributed by atoms with Crippen molar-refractivity contribution in [2.24, 2.45) is 17.6 Å². The second-order valence-electron chi connectivity index (χ2n) is 4.34. The average Bonchev–Trinajstić information content (AvgIpc) is 3.00. The number of amides is 1. The Morgan fingerprint density at radius 1 is 1.67 bits per heavy atom. The summed E-state index contributed by atoms with van der Waals surface area (Å²) in [7, 11) is 0. The van der Waals surface area contributed by atoms with Gasteiger partial charge in [0.2, 0.25) is 5.91 Å². The second-order valence-corrected chi connectivity index (χ2v) is 4.34. The molecule has 1 saturated carbocycles. The number of rotatable bonds is 6. The zero-order valence-corrected chi connectivity index (χ0v) is 9.41. The van der Waals surface area contributed by atoms with Gasteiger partial charge >= 0.3 is 0 Å². The summed E-state index contributed by atoms with van der Waals surface area (Å²) in [4.78, 5) is 13.8. The first-order chi connectivity index (χ1) is 7.19. The summed E-state index contributed by atoms with van der Waals surface area (Å²) in [6.07, 6.45) is 8.48. The van der Waals surface area contributed by atoms with Gasteiger partial charge in [-0.1, -0.05) is 12.8 Å². The Morgan fingerprint density at radius 3 is 2.80 bits per heavy atom. The van der Waals surface area contributed by atoms with Crippen LogP contribution in [0.5, 0.6) is 0 Å². The Hall–Kier alpha value is -1.01. The highest BCUT2D eigenvalue weighted by Crippen LogP contribution is 2.30. The molecule has 1 amide bonds. The van der Waals surface area contributed by atoms with Gasteiger partial charge in [0.25, 0.3) is 0 Å². The van der Waals surface area contributed by atoms with E-state index in [0.29, 0.717) is 19.0 Å². The molecule has 0 aromatic heterocycles. The summed E-state index contributed by atoms with van der Waals surface area (Å²) in [5.74, 6) is 3.40. The summed E-state index contributed by atoms with van der Waals surface area (Å²) >= 11 is 0. The fourth-order valence-electron chi connectivity index (χ4n) is 1.64. The maximum Gasteiger partial charge on any atom is 0.226 e. The van der Waals surface area contributed by atoms with E-state index >= 15 is 0 Å². The first-order valence-corrected chi connectivity index (χ1v) is 5.61. The molecule has 0 aliphatic heterocycles. The number of terminal acetylenes is 1. The minimum absolute atomic E-state index is 0.00194. The Morgan fingerprint density at radius 2 is 2.33 bits per heavy atom. The van der Waals surface area contributed by atoms with Gasteiger partial charge in [-0.2, -0.15) is 0 Å². The van der Waals surface area contributed by atoms with Crippen LogP contribution in [0.15, 0.2) is 0 Å². The van der Waals surface area contributed by atoms with Crippen molar-refractivity contribution in [2.75, 3.05) is 19.6 Å². The Bertz CT molecular complexity index is 253. The van der Waals surface area contributed by atoms with Gasteiger partial charge in [0, 0.05) is 12.5 Å². The van der Waals surface area contributed by atoms with Gasteiger partial charge in [0.1, 0.15) is 0 Å². The number of hydrogen-bond donors (Lipinski definition) is 1. The molecule has 15 heavy (non-hydrogen) atoms. The topological polar surface area (TPSA) is 46.3 Å². The fraction of sp³-hybridized carbons (Fsp3) is 0.750. The molecule has 0 saturated heterocycles. The van der Waals surface area contributed by atoms with Crippen molar-refractivity contribution in [1.82, 2.24) is 4.90 Å². The van der Waals surface area contributed by atoms with Gasteiger partial charge in [-0.25, -0.2) is 0 Å². The molecule has 0 radical (unpaired) electrons. The van der Waals surface area contributed by atoms with E-state index in [1.165, 1.54) is 12.8 Å². The molecule has 1 aliphatic carbocycles. The maximum absolute atomic E-state index is 12.0. The van der Waals surface area contributed by atoms with Crippen LogP contribution in [0.3, 0.4) is 0 Å². The van der Waals surface area contributed by atoms with Crippen LogP contribution in [0.2, 0.25) is 0 Å². The van der Waals surface area contributed by atoms with Crippen molar-refractivity contribution in [3.8, 4) is 12.3 Å². The summed E-state index contributed by atoms with van der Waals surface area (Å²) < 4.78 is 0. The normalized spacial score (nSPS) is 16.9. The number of nitrogens with two attached hydrogens (primary N) is 1. The summed E-state index contributed by atoms with van der Waals surface area (Å²) in [6, 6.07) is 0. The number of hydrogen-bond acceptors (Lipinski definition) is 2. The molecule has 0 aromatic rings. The summed E-state index contributed by atoms with van der Waals surface area (Å²) in [5, 5.41) is 0. The smallest absolute Gasteiger partial charge is 0.226 e. The van der Waals surface area contributed by atoms with Crippen molar-refractivity contribution >= 4 is 5.91 Å². The molecule has 0 bridgehead atoms. The third-order valence-electron chi connectivity index (χ3n) is 2.79. The van der Waals surface area contributed by atoms with Crippen LogP contribution >= 0.6 is 0 Å². The molecule has 1 unspecified atom stereocenters. The van der Waals surface area contributed by atoms with Gasteiger partial charge in [-0.15, -0.1) is 6.42 Å². The standard InChI is InChI=1S/C12H20N2O/c1-3-8-14(9-11-4-5-11)12(15)10(2)6-7-13/h1,10-11H,4-9,13H2,2H3. The highest BCUT2D eigenvalue weighted by molar-refractivity contribution is 5.78.